The predicted octanol–water partition coefficient (Wildman–Crippen LogP) is 3.64. The third-order valence-corrected chi connectivity index (χ3v) is 4.55. The van der Waals surface area contributed by atoms with Crippen molar-refractivity contribution < 1.29 is 19.1 Å². The summed E-state index contributed by atoms with van der Waals surface area (Å²) in [5.41, 5.74) is 1.10. The van der Waals surface area contributed by atoms with Gasteiger partial charge in [0, 0.05) is 12.0 Å². The number of rotatable bonds is 6. The van der Waals surface area contributed by atoms with Gasteiger partial charge in [-0.1, -0.05) is 30.3 Å². The van der Waals surface area contributed by atoms with Crippen molar-refractivity contribution in [2.24, 2.45) is 0 Å². The molecule has 1 heterocycles. The van der Waals surface area contributed by atoms with Crippen LogP contribution in [0.4, 0.5) is 4.79 Å². The molecule has 25 heavy (non-hydrogen) atoms. The van der Waals surface area contributed by atoms with E-state index in [0.29, 0.717) is 18.4 Å². The van der Waals surface area contributed by atoms with Gasteiger partial charge in [0.1, 0.15) is 6.10 Å². The van der Waals surface area contributed by atoms with Crippen LogP contribution in [0, 0.1) is 0 Å². The average molecular weight is 345 g/mol. The molecule has 2 aromatic rings. The number of hydrogen-bond acceptors (Lipinski definition) is 5. The summed E-state index contributed by atoms with van der Waals surface area (Å²) >= 11 is 0. The summed E-state index contributed by atoms with van der Waals surface area (Å²) in [5, 5.41) is 19.6. The Labute approximate surface area is 146 Å². The highest BCUT2D eigenvalue weighted by molar-refractivity contribution is 5.64. The molecule has 3 rings (SSSR count). The molecule has 0 bridgehead atoms. The molecule has 7 heteroatoms. The largest absolute Gasteiger partial charge is 0.465 e. The molecule has 1 aliphatic carbocycles. The first-order chi connectivity index (χ1) is 12.1. The SMILES string of the molecule is C[C@@H](OCc1ccccc1)c1nnc(C2CCC(NC(=O)O)CC2)o1. The molecular formula is C18H23N3O4. The fourth-order valence-electron chi connectivity index (χ4n) is 3.10. The number of nitrogens with one attached hydrogen (secondary N) is 1. The van der Waals surface area contributed by atoms with E-state index in [2.05, 4.69) is 15.5 Å². The van der Waals surface area contributed by atoms with Crippen LogP contribution >= 0.6 is 0 Å². The first-order valence-corrected chi connectivity index (χ1v) is 8.60. The van der Waals surface area contributed by atoms with Crippen molar-refractivity contribution in [1.82, 2.24) is 15.5 Å². The molecule has 0 saturated heterocycles. The van der Waals surface area contributed by atoms with E-state index in [4.69, 9.17) is 14.3 Å². The first kappa shape index (κ1) is 17.4. The van der Waals surface area contributed by atoms with Crippen molar-refractivity contribution in [2.75, 3.05) is 0 Å². The summed E-state index contributed by atoms with van der Waals surface area (Å²) in [6.07, 6.45) is 2.01. The summed E-state index contributed by atoms with van der Waals surface area (Å²) in [4.78, 5) is 10.7. The van der Waals surface area contributed by atoms with E-state index in [-0.39, 0.29) is 18.1 Å². The van der Waals surface area contributed by atoms with Crippen molar-refractivity contribution >= 4 is 6.09 Å². The number of ether oxygens (including phenoxy) is 1. The minimum Gasteiger partial charge on any atom is -0.465 e. The van der Waals surface area contributed by atoms with Crippen LogP contribution in [0.3, 0.4) is 0 Å². The van der Waals surface area contributed by atoms with Crippen LogP contribution in [0.15, 0.2) is 34.7 Å². The molecule has 7 nitrogen and oxygen atoms in total. The highest BCUT2D eigenvalue weighted by atomic mass is 16.5. The van der Waals surface area contributed by atoms with Gasteiger partial charge >= 0.3 is 6.09 Å². The third kappa shape index (κ3) is 4.79. The highest BCUT2D eigenvalue weighted by Gasteiger charge is 2.27. The van der Waals surface area contributed by atoms with Gasteiger partial charge in [-0.25, -0.2) is 4.79 Å². The lowest BCUT2D eigenvalue weighted by Gasteiger charge is -2.26. The number of nitrogens with zero attached hydrogens (tertiary/aromatic N) is 2. The second kappa shape index (κ2) is 8.11. The molecule has 0 radical (unpaired) electrons. The van der Waals surface area contributed by atoms with Crippen molar-refractivity contribution in [2.45, 2.75) is 57.3 Å². The fraction of sp³-hybridized carbons (Fsp3) is 0.500. The number of carboxylic acid groups (broad SMARTS) is 1. The fourth-order valence-corrected chi connectivity index (χ4v) is 3.10. The topological polar surface area (TPSA) is 97.5 Å². The smallest absolute Gasteiger partial charge is 0.404 e. The second-order valence-electron chi connectivity index (χ2n) is 6.42. The van der Waals surface area contributed by atoms with Crippen LogP contribution in [-0.2, 0) is 11.3 Å². The Kier molecular flexibility index (Phi) is 5.65. The van der Waals surface area contributed by atoms with Crippen LogP contribution in [-0.4, -0.2) is 27.4 Å². The molecule has 134 valence electrons. The molecule has 1 saturated carbocycles. The molecule has 1 aliphatic rings. The Morgan fingerprint density at radius 3 is 2.68 bits per heavy atom. The Hall–Kier alpha value is -2.41. The van der Waals surface area contributed by atoms with Gasteiger partial charge in [-0.05, 0) is 38.2 Å². The summed E-state index contributed by atoms with van der Waals surface area (Å²) in [5.74, 6) is 1.30. The molecule has 0 aliphatic heterocycles. The Morgan fingerprint density at radius 2 is 2.00 bits per heavy atom. The molecular weight excluding hydrogens is 322 g/mol. The van der Waals surface area contributed by atoms with Gasteiger partial charge in [0.25, 0.3) is 0 Å². The predicted molar refractivity (Wildman–Crippen MR) is 90.1 cm³/mol. The lowest BCUT2D eigenvalue weighted by molar-refractivity contribution is 0.0333. The molecule has 2 N–H and O–H groups in total. The maximum Gasteiger partial charge on any atom is 0.404 e. The average Bonchev–Trinajstić information content (AvgIpc) is 3.11. The second-order valence-corrected chi connectivity index (χ2v) is 6.42. The van der Waals surface area contributed by atoms with Gasteiger partial charge in [-0.2, -0.15) is 0 Å². The third-order valence-electron chi connectivity index (χ3n) is 4.55. The van der Waals surface area contributed by atoms with Gasteiger partial charge in [-0.3, -0.25) is 0 Å². The Morgan fingerprint density at radius 1 is 1.28 bits per heavy atom. The monoisotopic (exact) mass is 345 g/mol. The zero-order chi connectivity index (χ0) is 17.6. The normalized spacial score (nSPS) is 21.6. The van der Waals surface area contributed by atoms with Crippen LogP contribution in [0.5, 0.6) is 0 Å². The van der Waals surface area contributed by atoms with Crippen LogP contribution in [0.1, 0.15) is 62.0 Å². The minimum absolute atomic E-state index is 0.0178. The summed E-state index contributed by atoms with van der Waals surface area (Å²) in [7, 11) is 0. The van der Waals surface area contributed by atoms with Crippen molar-refractivity contribution in [3.05, 3.63) is 47.7 Å². The quantitative estimate of drug-likeness (QED) is 0.829. The first-order valence-electron chi connectivity index (χ1n) is 8.60. The maximum absolute atomic E-state index is 10.7. The molecule has 1 amide bonds. The van der Waals surface area contributed by atoms with E-state index >= 15 is 0 Å². The van der Waals surface area contributed by atoms with Gasteiger partial charge in [-0.15, -0.1) is 10.2 Å². The number of aromatic nitrogens is 2. The maximum atomic E-state index is 10.7. The van der Waals surface area contributed by atoms with E-state index in [1.165, 1.54) is 0 Å². The van der Waals surface area contributed by atoms with E-state index < -0.39 is 6.09 Å². The van der Waals surface area contributed by atoms with E-state index in [1.807, 2.05) is 37.3 Å². The lowest BCUT2D eigenvalue weighted by Crippen LogP contribution is -2.36. The molecule has 1 aromatic carbocycles. The summed E-state index contributed by atoms with van der Waals surface area (Å²) < 4.78 is 11.6. The molecule has 0 unspecified atom stereocenters. The van der Waals surface area contributed by atoms with Crippen molar-refractivity contribution in [1.29, 1.82) is 0 Å². The molecule has 1 atom stereocenters. The van der Waals surface area contributed by atoms with E-state index in [1.54, 1.807) is 0 Å². The van der Waals surface area contributed by atoms with Crippen LogP contribution < -0.4 is 5.32 Å². The molecule has 1 fully saturated rings. The standard InChI is InChI=1S/C18H23N3O4/c1-12(24-11-13-5-3-2-4-6-13)16-20-21-17(25-16)14-7-9-15(10-8-14)19-18(22)23/h2-6,12,14-15,19H,7-11H2,1H3,(H,22,23)/t12-,14?,15?/m1/s1. The van der Waals surface area contributed by atoms with Gasteiger partial charge in [0.15, 0.2) is 0 Å². The zero-order valence-electron chi connectivity index (χ0n) is 14.2. The van der Waals surface area contributed by atoms with Crippen LogP contribution in [0.25, 0.3) is 0 Å². The van der Waals surface area contributed by atoms with Crippen molar-refractivity contribution in [3.63, 3.8) is 0 Å². The number of hydrogen-bond donors (Lipinski definition) is 2. The lowest BCUT2D eigenvalue weighted by atomic mass is 9.86. The summed E-state index contributed by atoms with van der Waals surface area (Å²) in [6.45, 7) is 2.39. The van der Waals surface area contributed by atoms with E-state index in [0.717, 1.165) is 31.2 Å². The van der Waals surface area contributed by atoms with Crippen molar-refractivity contribution in [3.8, 4) is 0 Å². The molecule has 0 spiro atoms. The zero-order valence-corrected chi connectivity index (χ0v) is 14.2. The number of amides is 1. The van der Waals surface area contributed by atoms with Gasteiger partial charge in [0.05, 0.1) is 6.61 Å². The van der Waals surface area contributed by atoms with Crippen LogP contribution in [0.2, 0.25) is 0 Å². The van der Waals surface area contributed by atoms with E-state index in [9.17, 15) is 4.79 Å². The number of carbonyl (C=O) groups is 1. The number of benzene rings is 1. The highest BCUT2D eigenvalue weighted by Crippen LogP contribution is 2.33. The summed E-state index contributed by atoms with van der Waals surface area (Å²) in [6, 6.07) is 9.96. The van der Waals surface area contributed by atoms with Gasteiger partial charge < -0.3 is 19.6 Å². The minimum atomic E-state index is -0.965. The Balaban J connectivity index is 1.51. The Bertz CT molecular complexity index is 681. The van der Waals surface area contributed by atoms with Gasteiger partial charge in [0.2, 0.25) is 11.8 Å². The molecule has 1 aromatic heterocycles.